The van der Waals surface area contributed by atoms with Crippen LogP contribution in [0.2, 0.25) is 0 Å². The van der Waals surface area contributed by atoms with Crippen molar-refractivity contribution in [3.8, 4) is 28.2 Å². The predicted molar refractivity (Wildman–Crippen MR) is 133 cm³/mol. The Bertz CT molecular complexity index is 1550. The number of imidazole rings is 1. The lowest BCUT2D eigenvalue weighted by Crippen LogP contribution is -2.26. The first-order valence-corrected chi connectivity index (χ1v) is 11.8. The van der Waals surface area contributed by atoms with Crippen LogP contribution in [0.15, 0.2) is 83.7 Å². The maximum atomic E-state index is 14.3. The van der Waals surface area contributed by atoms with Crippen LogP contribution in [0.4, 0.5) is 13.2 Å². The lowest BCUT2D eigenvalue weighted by Gasteiger charge is -2.13. The molecule has 0 bridgehead atoms. The van der Waals surface area contributed by atoms with Crippen LogP contribution in [-0.2, 0) is 19.1 Å². The van der Waals surface area contributed by atoms with Gasteiger partial charge in [-0.1, -0.05) is 80.1 Å². The largest absolute Gasteiger partial charge is 0.433 e. The van der Waals surface area contributed by atoms with Crippen LogP contribution in [0.5, 0.6) is 0 Å². The normalized spacial score (nSPS) is 11.7. The van der Waals surface area contributed by atoms with Crippen LogP contribution in [0.3, 0.4) is 0 Å². The average molecular weight is 505 g/mol. The predicted octanol–water partition coefficient (Wildman–Crippen LogP) is 5.51. The molecule has 3 aromatic carbocycles. The van der Waals surface area contributed by atoms with Gasteiger partial charge in [-0.2, -0.15) is 13.2 Å². The first-order chi connectivity index (χ1) is 17.9. The van der Waals surface area contributed by atoms with Crippen LogP contribution in [0.25, 0.3) is 28.2 Å². The fraction of sp³-hybridized carbons (Fsp3) is 0.185. The minimum Gasteiger partial charge on any atom is -0.291 e. The number of aromatic nitrogens is 6. The average Bonchev–Trinajstić information content (AvgIpc) is 3.53. The number of benzene rings is 3. The number of para-hydroxylation sites is 1. The van der Waals surface area contributed by atoms with E-state index >= 15 is 0 Å². The van der Waals surface area contributed by atoms with Crippen molar-refractivity contribution in [3.63, 3.8) is 0 Å². The van der Waals surface area contributed by atoms with Crippen LogP contribution < -0.4 is 5.69 Å². The topological polar surface area (TPSA) is 81.4 Å². The minimum atomic E-state index is -4.69. The smallest absolute Gasteiger partial charge is 0.291 e. The molecule has 0 atom stereocenters. The molecule has 2 heterocycles. The van der Waals surface area contributed by atoms with Gasteiger partial charge in [0, 0.05) is 5.56 Å². The lowest BCUT2D eigenvalue weighted by atomic mass is 9.98. The number of rotatable bonds is 7. The first kappa shape index (κ1) is 24.2. The quantitative estimate of drug-likeness (QED) is 0.317. The Labute approximate surface area is 210 Å². The van der Waals surface area contributed by atoms with Crippen LogP contribution in [-0.4, -0.2) is 29.8 Å². The van der Waals surface area contributed by atoms with E-state index in [0.717, 1.165) is 21.3 Å². The number of alkyl halides is 3. The summed E-state index contributed by atoms with van der Waals surface area (Å²) in [7, 11) is 0. The van der Waals surface area contributed by atoms with Gasteiger partial charge in [-0.3, -0.25) is 9.13 Å². The van der Waals surface area contributed by atoms with Crippen molar-refractivity contribution in [1.82, 2.24) is 29.8 Å². The van der Waals surface area contributed by atoms with Crippen molar-refractivity contribution in [2.75, 3.05) is 0 Å². The second-order valence-corrected chi connectivity index (χ2v) is 8.58. The number of H-pyrrole nitrogens is 1. The molecule has 5 rings (SSSR count). The second kappa shape index (κ2) is 9.88. The van der Waals surface area contributed by atoms with E-state index in [9.17, 15) is 18.0 Å². The monoisotopic (exact) mass is 504 g/mol. The highest BCUT2D eigenvalue weighted by Crippen LogP contribution is 2.34. The fourth-order valence-electron chi connectivity index (χ4n) is 4.54. The second-order valence-electron chi connectivity index (χ2n) is 8.58. The summed E-state index contributed by atoms with van der Waals surface area (Å²) < 4.78 is 44.8. The summed E-state index contributed by atoms with van der Waals surface area (Å²) >= 11 is 0. The van der Waals surface area contributed by atoms with Crippen molar-refractivity contribution in [2.24, 2.45) is 0 Å². The molecule has 7 nitrogen and oxygen atoms in total. The Morgan fingerprint density at radius 1 is 0.892 bits per heavy atom. The summed E-state index contributed by atoms with van der Waals surface area (Å²) in [4.78, 5) is 13.4. The third-order valence-electron chi connectivity index (χ3n) is 6.15. The summed E-state index contributed by atoms with van der Waals surface area (Å²) in [5.74, 6) is 0.525. The molecule has 10 heteroatoms. The molecule has 0 saturated heterocycles. The number of aromatic amines is 1. The highest BCUT2D eigenvalue weighted by Gasteiger charge is 2.40. The summed E-state index contributed by atoms with van der Waals surface area (Å²) in [6.45, 7) is 1.82. The van der Waals surface area contributed by atoms with Gasteiger partial charge in [0.15, 0.2) is 11.5 Å². The zero-order valence-electron chi connectivity index (χ0n) is 19.9. The van der Waals surface area contributed by atoms with Crippen molar-refractivity contribution in [1.29, 1.82) is 0 Å². The van der Waals surface area contributed by atoms with Gasteiger partial charge in [0.1, 0.15) is 0 Å². The maximum absolute atomic E-state index is 14.3. The van der Waals surface area contributed by atoms with Crippen molar-refractivity contribution in [2.45, 2.75) is 32.5 Å². The molecule has 0 radical (unpaired) electrons. The molecular weight excluding hydrogens is 481 g/mol. The van der Waals surface area contributed by atoms with E-state index in [2.05, 4.69) is 20.6 Å². The molecular formula is C27H23F3N6O. The summed E-state index contributed by atoms with van der Waals surface area (Å²) in [6.07, 6.45) is -4.10. The molecule has 1 N–H and O–H groups in total. The highest BCUT2D eigenvalue weighted by molar-refractivity contribution is 5.80. The molecule has 188 valence electrons. The minimum absolute atomic E-state index is 0.0175. The number of hydrogen-bond acceptors (Lipinski definition) is 4. The van der Waals surface area contributed by atoms with E-state index in [-0.39, 0.29) is 24.3 Å². The molecule has 2 aromatic heterocycles. The van der Waals surface area contributed by atoms with E-state index in [1.54, 1.807) is 25.1 Å². The van der Waals surface area contributed by atoms with E-state index in [0.29, 0.717) is 17.8 Å². The van der Waals surface area contributed by atoms with Crippen LogP contribution in [0.1, 0.15) is 30.3 Å². The lowest BCUT2D eigenvalue weighted by molar-refractivity contribution is -0.143. The Kier molecular flexibility index (Phi) is 6.47. The van der Waals surface area contributed by atoms with Crippen molar-refractivity contribution in [3.05, 3.63) is 106 Å². The van der Waals surface area contributed by atoms with Gasteiger partial charge < -0.3 is 0 Å². The fourth-order valence-corrected chi connectivity index (χ4v) is 4.54. The summed E-state index contributed by atoms with van der Waals surface area (Å²) in [5.41, 5.74) is 1.84. The van der Waals surface area contributed by atoms with Gasteiger partial charge >= 0.3 is 11.9 Å². The van der Waals surface area contributed by atoms with Crippen LogP contribution in [0, 0.1) is 0 Å². The van der Waals surface area contributed by atoms with Gasteiger partial charge in [-0.25, -0.2) is 9.89 Å². The van der Waals surface area contributed by atoms with E-state index in [4.69, 9.17) is 0 Å². The van der Waals surface area contributed by atoms with Gasteiger partial charge in [-0.05, 0) is 45.7 Å². The van der Waals surface area contributed by atoms with E-state index in [1.165, 1.54) is 16.7 Å². The van der Waals surface area contributed by atoms with Crippen molar-refractivity contribution >= 4 is 0 Å². The van der Waals surface area contributed by atoms with Gasteiger partial charge in [0.25, 0.3) is 0 Å². The van der Waals surface area contributed by atoms with Gasteiger partial charge in [-0.15, -0.1) is 5.10 Å². The molecule has 0 amide bonds. The number of tetrazole rings is 1. The number of nitrogens with zero attached hydrogens (tertiary/aromatic N) is 5. The van der Waals surface area contributed by atoms with Crippen molar-refractivity contribution < 1.29 is 13.2 Å². The number of hydrogen-bond donors (Lipinski definition) is 1. The Hall–Kier alpha value is -4.47. The van der Waals surface area contributed by atoms with E-state index in [1.807, 2.05) is 48.5 Å². The number of halogens is 3. The molecule has 0 unspecified atom stereocenters. The third kappa shape index (κ3) is 4.69. The Balaban J connectivity index is 1.56. The Morgan fingerprint density at radius 3 is 2.19 bits per heavy atom. The molecule has 0 aliphatic rings. The number of nitrogens with one attached hydrogen (secondary N) is 1. The van der Waals surface area contributed by atoms with E-state index < -0.39 is 17.6 Å². The van der Waals surface area contributed by atoms with Crippen LogP contribution >= 0.6 is 0 Å². The molecule has 5 aromatic rings. The maximum Gasteiger partial charge on any atom is 0.433 e. The molecule has 0 aliphatic heterocycles. The summed E-state index contributed by atoms with van der Waals surface area (Å²) in [6, 6.07) is 23.0. The highest BCUT2D eigenvalue weighted by atomic mass is 19.4. The standard InChI is InChI=1S/C27H23F3N6O/c1-2-8-23-24(27(28,29)30)36(20-9-4-3-5-10-20)26(37)35(23)17-18-13-15-19(16-14-18)21-11-6-7-12-22(21)25-31-33-34-32-25/h3-7,9-16H,2,8,17H2,1H3,(H,31,32,33,34). The Morgan fingerprint density at radius 2 is 1.57 bits per heavy atom. The summed E-state index contributed by atoms with van der Waals surface area (Å²) in [5, 5.41) is 14.0. The van der Waals surface area contributed by atoms with Gasteiger partial charge in [0.05, 0.1) is 17.9 Å². The molecule has 0 aliphatic carbocycles. The molecule has 37 heavy (non-hydrogen) atoms. The van der Waals surface area contributed by atoms with Gasteiger partial charge in [0.2, 0.25) is 0 Å². The molecule has 0 fully saturated rings. The third-order valence-corrected chi connectivity index (χ3v) is 6.15. The zero-order valence-corrected chi connectivity index (χ0v) is 19.9. The first-order valence-electron chi connectivity index (χ1n) is 11.8. The zero-order chi connectivity index (χ0) is 26.0. The SMILES string of the molecule is CCCc1c(C(F)(F)F)n(-c2ccccc2)c(=O)n1Cc1ccc(-c2ccccc2-c2nnn[nH]2)cc1. The molecule has 0 spiro atoms. The molecule has 0 saturated carbocycles.